The predicted octanol–water partition coefficient (Wildman–Crippen LogP) is 1.14. The van der Waals surface area contributed by atoms with Gasteiger partial charge < -0.3 is 10.2 Å². The standard InChI is InChI=1S/C12H16N4/c1-12(2)9-16(7-6-15-12)11-10(8-13)4-3-5-14-11/h3-5,15H,6-7,9H2,1-2H3. The van der Waals surface area contributed by atoms with Gasteiger partial charge in [-0.2, -0.15) is 5.26 Å². The van der Waals surface area contributed by atoms with Crippen molar-refractivity contribution in [1.82, 2.24) is 10.3 Å². The first-order valence-corrected chi connectivity index (χ1v) is 5.47. The van der Waals surface area contributed by atoms with Crippen molar-refractivity contribution in [2.24, 2.45) is 0 Å². The zero-order valence-corrected chi connectivity index (χ0v) is 9.70. The lowest BCUT2D eigenvalue weighted by molar-refractivity contribution is 0.351. The van der Waals surface area contributed by atoms with Gasteiger partial charge >= 0.3 is 0 Å². The second-order valence-electron chi connectivity index (χ2n) is 4.72. The van der Waals surface area contributed by atoms with E-state index in [2.05, 4.69) is 35.1 Å². The van der Waals surface area contributed by atoms with Crippen LogP contribution in [0.5, 0.6) is 0 Å². The van der Waals surface area contributed by atoms with E-state index in [9.17, 15) is 0 Å². The molecule has 4 nitrogen and oxygen atoms in total. The minimum Gasteiger partial charge on any atom is -0.352 e. The van der Waals surface area contributed by atoms with E-state index in [1.54, 1.807) is 12.3 Å². The fourth-order valence-electron chi connectivity index (χ4n) is 2.06. The van der Waals surface area contributed by atoms with Crippen molar-refractivity contribution in [3.05, 3.63) is 23.9 Å². The molecule has 0 spiro atoms. The zero-order valence-electron chi connectivity index (χ0n) is 9.70. The molecule has 1 fully saturated rings. The number of nitrogens with zero attached hydrogens (tertiary/aromatic N) is 3. The Morgan fingerprint density at radius 2 is 2.38 bits per heavy atom. The van der Waals surface area contributed by atoms with E-state index in [0.29, 0.717) is 5.56 Å². The third-order valence-corrected chi connectivity index (χ3v) is 2.78. The van der Waals surface area contributed by atoms with Gasteiger partial charge in [-0.3, -0.25) is 0 Å². The monoisotopic (exact) mass is 216 g/mol. The summed E-state index contributed by atoms with van der Waals surface area (Å²) in [5.41, 5.74) is 0.725. The Labute approximate surface area is 95.9 Å². The molecule has 1 aromatic heterocycles. The summed E-state index contributed by atoms with van der Waals surface area (Å²) in [5.74, 6) is 0.805. The summed E-state index contributed by atoms with van der Waals surface area (Å²) >= 11 is 0. The van der Waals surface area contributed by atoms with Crippen LogP contribution in [0.3, 0.4) is 0 Å². The van der Waals surface area contributed by atoms with Gasteiger partial charge in [0.2, 0.25) is 0 Å². The molecule has 84 valence electrons. The van der Waals surface area contributed by atoms with E-state index >= 15 is 0 Å². The summed E-state index contributed by atoms with van der Waals surface area (Å²) in [6, 6.07) is 5.81. The molecule has 0 saturated carbocycles. The van der Waals surface area contributed by atoms with E-state index in [4.69, 9.17) is 5.26 Å². The molecule has 2 rings (SSSR count). The molecule has 1 aromatic rings. The van der Waals surface area contributed by atoms with E-state index < -0.39 is 0 Å². The van der Waals surface area contributed by atoms with Gasteiger partial charge in [0, 0.05) is 31.4 Å². The number of nitrogens with one attached hydrogen (secondary N) is 1. The summed E-state index contributed by atoms with van der Waals surface area (Å²) in [7, 11) is 0. The Hall–Kier alpha value is -1.60. The van der Waals surface area contributed by atoms with Crippen molar-refractivity contribution < 1.29 is 0 Å². The summed E-state index contributed by atoms with van der Waals surface area (Å²) in [5, 5.41) is 12.5. The summed E-state index contributed by atoms with van der Waals surface area (Å²) < 4.78 is 0. The van der Waals surface area contributed by atoms with Crippen molar-refractivity contribution in [2.45, 2.75) is 19.4 Å². The van der Waals surface area contributed by atoms with Gasteiger partial charge in [0.25, 0.3) is 0 Å². The minimum atomic E-state index is 0.0719. The number of aromatic nitrogens is 1. The molecule has 0 amide bonds. The number of pyridine rings is 1. The van der Waals surface area contributed by atoms with Crippen molar-refractivity contribution in [3.63, 3.8) is 0 Å². The highest BCUT2D eigenvalue weighted by Gasteiger charge is 2.27. The molecule has 0 bridgehead atoms. The highest BCUT2D eigenvalue weighted by molar-refractivity contribution is 5.54. The largest absolute Gasteiger partial charge is 0.352 e. The van der Waals surface area contributed by atoms with E-state index in [-0.39, 0.29) is 5.54 Å². The maximum Gasteiger partial charge on any atom is 0.146 e. The van der Waals surface area contributed by atoms with Crippen LogP contribution in [0.15, 0.2) is 18.3 Å². The van der Waals surface area contributed by atoms with Crippen LogP contribution in [0.2, 0.25) is 0 Å². The number of anilines is 1. The second kappa shape index (κ2) is 4.11. The topological polar surface area (TPSA) is 52.0 Å². The second-order valence-corrected chi connectivity index (χ2v) is 4.72. The maximum absolute atomic E-state index is 9.05. The Morgan fingerprint density at radius 3 is 3.06 bits per heavy atom. The first-order chi connectivity index (χ1) is 7.62. The number of rotatable bonds is 1. The fourth-order valence-corrected chi connectivity index (χ4v) is 2.06. The van der Waals surface area contributed by atoms with E-state index in [0.717, 1.165) is 25.5 Å². The molecule has 0 aliphatic carbocycles. The Kier molecular flexibility index (Phi) is 2.80. The van der Waals surface area contributed by atoms with Crippen molar-refractivity contribution in [1.29, 1.82) is 5.26 Å². The zero-order chi connectivity index (χ0) is 11.6. The van der Waals surface area contributed by atoms with Crippen molar-refractivity contribution >= 4 is 5.82 Å². The van der Waals surface area contributed by atoms with Crippen LogP contribution in [0, 0.1) is 11.3 Å². The van der Waals surface area contributed by atoms with E-state index in [1.807, 2.05) is 6.07 Å². The van der Waals surface area contributed by atoms with Crippen LogP contribution in [-0.4, -0.2) is 30.2 Å². The molecule has 16 heavy (non-hydrogen) atoms. The maximum atomic E-state index is 9.05. The number of hydrogen-bond acceptors (Lipinski definition) is 4. The normalized spacial score (nSPS) is 19.2. The molecule has 4 heteroatoms. The van der Waals surface area contributed by atoms with Crippen LogP contribution in [0.4, 0.5) is 5.82 Å². The molecule has 1 N–H and O–H groups in total. The van der Waals surface area contributed by atoms with Crippen LogP contribution in [-0.2, 0) is 0 Å². The molecule has 1 aliphatic heterocycles. The van der Waals surface area contributed by atoms with Crippen molar-refractivity contribution in [3.8, 4) is 6.07 Å². The summed E-state index contributed by atoms with van der Waals surface area (Å²) in [4.78, 5) is 6.49. The summed E-state index contributed by atoms with van der Waals surface area (Å²) in [6.07, 6.45) is 1.74. The molecule has 0 unspecified atom stereocenters. The lowest BCUT2D eigenvalue weighted by Crippen LogP contribution is -2.57. The number of piperazine rings is 1. The third-order valence-electron chi connectivity index (χ3n) is 2.78. The highest BCUT2D eigenvalue weighted by Crippen LogP contribution is 2.20. The van der Waals surface area contributed by atoms with Crippen LogP contribution in [0.1, 0.15) is 19.4 Å². The molecular formula is C12H16N4. The van der Waals surface area contributed by atoms with Crippen LogP contribution < -0.4 is 10.2 Å². The van der Waals surface area contributed by atoms with Gasteiger partial charge in [0.1, 0.15) is 11.9 Å². The van der Waals surface area contributed by atoms with Gasteiger partial charge in [-0.1, -0.05) is 0 Å². The lowest BCUT2D eigenvalue weighted by Gasteiger charge is -2.39. The van der Waals surface area contributed by atoms with Gasteiger partial charge in [0.15, 0.2) is 0 Å². The molecule has 0 aromatic carbocycles. The summed E-state index contributed by atoms with van der Waals surface area (Å²) in [6.45, 7) is 7.02. The molecular weight excluding hydrogens is 200 g/mol. The Balaban J connectivity index is 2.27. The van der Waals surface area contributed by atoms with Gasteiger partial charge in [-0.05, 0) is 26.0 Å². The smallest absolute Gasteiger partial charge is 0.146 e. The first-order valence-electron chi connectivity index (χ1n) is 5.47. The molecule has 0 radical (unpaired) electrons. The molecule has 0 atom stereocenters. The predicted molar refractivity (Wildman–Crippen MR) is 63.2 cm³/mol. The lowest BCUT2D eigenvalue weighted by atomic mass is 10.0. The Morgan fingerprint density at radius 1 is 1.56 bits per heavy atom. The fraction of sp³-hybridized carbons (Fsp3) is 0.500. The third kappa shape index (κ3) is 2.15. The quantitative estimate of drug-likeness (QED) is 0.765. The molecule has 1 aliphatic rings. The average molecular weight is 216 g/mol. The number of nitriles is 1. The van der Waals surface area contributed by atoms with Crippen molar-refractivity contribution in [2.75, 3.05) is 24.5 Å². The Bertz CT molecular complexity index is 419. The molecule has 2 heterocycles. The average Bonchev–Trinajstić information content (AvgIpc) is 2.27. The van der Waals surface area contributed by atoms with Crippen LogP contribution in [0.25, 0.3) is 0 Å². The van der Waals surface area contributed by atoms with Gasteiger partial charge in [-0.15, -0.1) is 0 Å². The highest BCUT2D eigenvalue weighted by atomic mass is 15.3. The SMILES string of the molecule is CC1(C)CN(c2ncccc2C#N)CCN1. The van der Waals surface area contributed by atoms with E-state index in [1.165, 1.54) is 0 Å². The van der Waals surface area contributed by atoms with Gasteiger partial charge in [0.05, 0.1) is 5.56 Å². The minimum absolute atomic E-state index is 0.0719. The molecule has 1 saturated heterocycles. The van der Waals surface area contributed by atoms with Gasteiger partial charge in [-0.25, -0.2) is 4.98 Å². The first kappa shape index (κ1) is 10.9. The van der Waals surface area contributed by atoms with Crippen LogP contribution >= 0.6 is 0 Å². The number of hydrogen-bond donors (Lipinski definition) is 1.